The van der Waals surface area contributed by atoms with Crippen molar-refractivity contribution in [3.63, 3.8) is 0 Å². The molecule has 3 heterocycles. The monoisotopic (exact) mass is 336 g/mol. The molecule has 3 rings (SSSR count). The van der Waals surface area contributed by atoms with E-state index in [1.54, 1.807) is 11.3 Å². The van der Waals surface area contributed by atoms with Gasteiger partial charge in [-0.05, 0) is 42.9 Å². The Hall–Kier alpha value is -1.47. The smallest absolute Gasteiger partial charge is 0.243 e. The van der Waals surface area contributed by atoms with Crippen molar-refractivity contribution < 1.29 is 4.79 Å². The predicted molar refractivity (Wildman–Crippen MR) is 89.4 cm³/mol. The summed E-state index contributed by atoms with van der Waals surface area (Å²) in [6.07, 6.45) is 3.92. The second-order valence-corrected chi connectivity index (χ2v) is 6.91. The summed E-state index contributed by atoms with van der Waals surface area (Å²) in [5.74, 6) is 0.999. The van der Waals surface area contributed by atoms with Crippen molar-refractivity contribution in [1.29, 1.82) is 0 Å². The Kier molecular flexibility index (Phi) is 4.73. The molecule has 7 heteroatoms. The number of carbonyl (C=O) groups excluding carboxylic acids is 1. The molecule has 0 radical (unpaired) electrons. The number of nitrogens with one attached hydrogen (secondary N) is 1. The normalized spacial score (nSPS) is 18.0. The average molecular weight is 336 g/mol. The van der Waals surface area contributed by atoms with E-state index in [4.69, 9.17) is 12.2 Å². The molecule has 1 N–H and O–H groups in total. The Morgan fingerprint density at radius 1 is 1.59 bits per heavy atom. The molecule has 1 atom stereocenters. The minimum Gasteiger partial charge on any atom is -0.333 e. The second kappa shape index (κ2) is 6.75. The van der Waals surface area contributed by atoms with E-state index in [1.807, 2.05) is 15.5 Å². The number of hydrogen-bond donors (Lipinski definition) is 1. The first kappa shape index (κ1) is 15.4. The van der Waals surface area contributed by atoms with Crippen molar-refractivity contribution in [2.45, 2.75) is 45.2 Å². The number of hydrogen-bond acceptors (Lipinski definition) is 4. The molecular formula is C15H20N4OS2. The van der Waals surface area contributed by atoms with Gasteiger partial charge in [-0.1, -0.05) is 13.0 Å². The lowest BCUT2D eigenvalue weighted by molar-refractivity contribution is -0.132. The second-order valence-electron chi connectivity index (χ2n) is 5.54. The van der Waals surface area contributed by atoms with Crippen LogP contribution in [0.5, 0.6) is 0 Å². The first-order valence-electron chi connectivity index (χ1n) is 7.67. The quantitative estimate of drug-likeness (QED) is 0.852. The Balaban J connectivity index is 1.77. The van der Waals surface area contributed by atoms with Crippen molar-refractivity contribution >= 4 is 29.5 Å². The lowest BCUT2D eigenvalue weighted by atomic mass is 10.2. The van der Waals surface area contributed by atoms with E-state index in [-0.39, 0.29) is 18.5 Å². The van der Waals surface area contributed by atoms with Crippen LogP contribution in [0.1, 0.15) is 42.9 Å². The standard InChI is InChI=1S/C15H20N4OS2/c1-2-5-13-16-17-15(21)19(13)10-14(20)18-8-3-6-11(18)12-7-4-9-22-12/h4,7,9,11H,2-3,5-6,8,10H2,1H3,(H,17,21). The van der Waals surface area contributed by atoms with Crippen LogP contribution in [0.3, 0.4) is 0 Å². The summed E-state index contributed by atoms with van der Waals surface area (Å²) < 4.78 is 2.37. The highest BCUT2D eigenvalue weighted by Crippen LogP contribution is 2.34. The third-order valence-corrected chi connectivity index (χ3v) is 5.33. The van der Waals surface area contributed by atoms with Crippen LogP contribution in [0.4, 0.5) is 0 Å². The lowest BCUT2D eigenvalue weighted by Crippen LogP contribution is -2.33. The number of carbonyl (C=O) groups is 1. The fourth-order valence-corrected chi connectivity index (χ4v) is 4.08. The fraction of sp³-hybridized carbons (Fsp3) is 0.533. The van der Waals surface area contributed by atoms with E-state index in [0.717, 1.165) is 38.1 Å². The highest BCUT2D eigenvalue weighted by Gasteiger charge is 2.30. The number of aromatic amines is 1. The summed E-state index contributed by atoms with van der Waals surface area (Å²) in [4.78, 5) is 16.0. The number of aromatic nitrogens is 3. The van der Waals surface area contributed by atoms with E-state index in [2.05, 4.69) is 28.6 Å². The molecule has 2 aromatic heterocycles. The highest BCUT2D eigenvalue weighted by molar-refractivity contribution is 7.71. The zero-order chi connectivity index (χ0) is 15.5. The van der Waals surface area contributed by atoms with Crippen LogP contribution in [0.25, 0.3) is 0 Å². The van der Waals surface area contributed by atoms with Gasteiger partial charge in [0.2, 0.25) is 5.91 Å². The van der Waals surface area contributed by atoms with Crippen molar-refractivity contribution in [2.24, 2.45) is 0 Å². The topological polar surface area (TPSA) is 53.9 Å². The van der Waals surface area contributed by atoms with E-state index < -0.39 is 0 Å². The summed E-state index contributed by atoms with van der Waals surface area (Å²) in [5, 5.41) is 9.11. The molecule has 1 unspecified atom stereocenters. The highest BCUT2D eigenvalue weighted by atomic mass is 32.1. The minimum atomic E-state index is 0.130. The molecule has 1 aliphatic rings. The molecule has 0 bridgehead atoms. The van der Waals surface area contributed by atoms with E-state index in [9.17, 15) is 4.79 Å². The van der Waals surface area contributed by atoms with Crippen molar-refractivity contribution in [2.75, 3.05) is 6.54 Å². The zero-order valence-electron chi connectivity index (χ0n) is 12.6. The van der Waals surface area contributed by atoms with Crippen LogP contribution in [0.15, 0.2) is 17.5 Å². The van der Waals surface area contributed by atoms with Gasteiger partial charge in [0.1, 0.15) is 12.4 Å². The molecule has 1 amide bonds. The molecule has 118 valence electrons. The summed E-state index contributed by atoms with van der Waals surface area (Å²) >= 11 is 6.99. The van der Waals surface area contributed by atoms with Gasteiger partial charge in [-0.25, -0.2) is 0 Å². The molecule has 1 saturated heterocycles. The number of rotatable bonds is 5. The van der Waals surface area contributed by atoms with Gasteiger partial charge in [-0.2, -0.15) is 5.10 Å². The SMILES string of the molecule is CCCc1n[nH]c(=S)n1CC(=O)N1CCCC1c1cccs1. The summed E-state index contributed by atoms with van der Waals surface area (Å²) in [6, 6.07) is 4.39. The largest absolute Gasteiger partial charge is 0.333 e. The van der Waals surface area contributed by atoms with E-state index in [1.165, 1.54) is 4.88 Å². The molecule has 2 aromatic rings. The maximum atomic E-state index is 12.7. The Morgan fingerprint density at radius 2 is 2.45 bits per heavy atom. The van der Waals surface area contributed by atoms with Crippen molar-refractivity contribution in [1.82, 2.24) is 19.7 Å². The molecule has 0 spiro atoms. The fourth-order valence-electron chi connectivity index (χ4n) is 3.00. The molecule has 0 aromatic carbocycles. The summed E-state index contributed by atoms with van der Waals surface area (Å²) in [6.45, 7) is 3.21. The number of likely N-dealkylation sites (tertiary alicyclic amines) is 1. The molecular weight excluding hydrogens is 316 g/mol. The van der Waals surface area contributed by atoms with Gasteiger partial charge in [0.15, 0.2) is 4.77 Å². The van der Waals surface area contributed by atoms with Crippen LogP contribution in [0, 0.1) is 4.77 Å². The zero-order valence-corrected chi connectivity index (χ0v) is 14.3. The summed E-state index contributed by atoms with van der Waals surface area (Å²) in [5.41, 5.74) is 0. The maximum Gasteiger partial charge on any atom is 0.243 e. The van der Waals surface area contributed by atoms with E-state index in [0.29, 0.717) is 4.77 Å². The number of aryl methyl sites for hydroxylation is 1. The number of amides is 1. The summed E-state index contributed by atoms with van der Waals surface area (Å²) in [7, 11) is 0. The Morgan fingerprint density at radius 3 is 3.18 bits per heavy atom. The predicted octanol–water partition coefficient (Wildman–Crippen LogP) is 3.32. The molecule has 22 heavy (non-hydrogen) atoms. The number of H-pyrrole nitrogens is 1. The Labute approximate surface area is 139 Å². The first-order valence-corrected chi connectivity index (χ1v) is 8.96. The maximum absolute atomic E-state index is 12.7. The number of nitrogens with zero attached hydrogens (tertiary/aromatic N) is 3. The van der Waals surface area contributed by atoms with Gasteiger partial charge < -0.3 is 4.90 Å². The van der Waals surface area contributed by atoms with Crippen LogP contribution in [-0.4, -0.2) is 32.1 Å². The molecule has 0 saturated carbocycles. The van der Waals surface area contributed by atoms with E-state index >= 15 is 0 Å². The average Bonchev–Trinajstić information content (AvgIpc) is 3.22. The first-order chi connectivity index (χ1) is 10.7. The Bertz CT molecular complexity index is 689. The third kappa shape index (κ3) is 3.01. The van der Waals surface area contributed by atoms with Crippen LogP contribution >= 0.6 is 23.6 Å². The number of thiophene rings is 1. The van der Waals surface area contributed by atoms with Gasteiger partial charge >= 0.3 is 0 Å². The molecule has 1 aliphatic heterocycles. The molecule has 0 aliphatic carbocycles. The molecule has 5 nitrogen and oxygen atoms in total. The van der Waals surface area contributed by atoms with Gasteiger partial charge in [-0.15, -0.1) is 11.3 Å². The van der Waals surface area contributed by atoms with Gasteiger partial charge in [-0.3, -0.25) is 14.5 Å². The van der Waals surface area contributed by atoms with Crippen LogP contribution in [0.2, 0.25) is 0 Å². The van der Waals surface area contributed by atoms with Gasteiger partial charge in [0.25, 0.3) is 0 Å². The molecule has 1 fully saturated rings. The van der Waals surface area contributed by atoms with Crippen LogP contribution < -0.4 is 0 Å². The minimum absolute atomic E-state index is 0.130. The lowest BCUT2D eigenvalue weighted by Gasteiger charge is -2.24. The van der Waals surface area contributed by atoms with Gasteiger partial charge in [0.05, 0.1) is 6.04 Å². The van der Waals surface area contributed by atoms with Crippen molar-refractivity contribution in [3.05, 3.63) is 33.0 Å². The van der Waals surface area contributed by atoms with Crippen LogP contribution in [-0.2, 0) is 17.8 Å². The van der Waals surface area contributed by atoms with Crippen molar-refractivity contribution in [3.8, 4) is 0 Å². The third-order valence-electron chi connectivity index (χ3n) is 4.05. The van der Waals surface area contributed by atoms with Gasteiger partial charge in [0, 0.05) is 17.8 Å².